The number of carbonyl (C=O) groups is 1. The highest BCUT2D eigenvalue weighted by atomic mass is 31.2. The molecule has 0 fully saturated rings. The summed E-state index contributed by atoms with van der Waals surface area (Å²) in [6, 6.07) is 12.0. The molecule has 0 heterocycles. The summed E-state index contributed by atoms with van der Waals surface area (Å²) >= 11 is 0. The lowest BCUT2D eigenvalue weighted by Crippen LogP contribution is -2.21. The first kappa shape index (κ1) is 20.1. The molecule has 0 saturated carbocycles. The van der Waals surface area contributed by atoms with E-state index in [-0.39, 0.29) is 12.1 Å². The van der Waals surface area contributed by atoms with Crippen molar-refractivity contribution in [1.29, 1.82) is 0 Å². The van der Waals surface area contributed by atoms with Crippen LogP contribution in [-0.4, -0.2) is 35.4 Å². The van der Waals surface area contributed by atoms with Gasteiger partial charge < -0.3 is 20.8 Å². The van der Waals surface area contributed by atoms with Gasteiger partial charge in [-0.05, 0) is 13.5 Å². The van der Waals surface area contributed by atoms with E-state index in [4.69, 9.17) is 9.79 Å². The predicted octanol–water partition coefficient (Wildman–Crippen LogP) is 0.952. The zero-order valence-corrected chi connectivity index (χ0v) is 12.2. The van der Waals surface area contributed by atoms with Crippen LogP contribution in [-0.2, 0) is 9.36 Å². The molecule has 0 aliphatic carbocycles. The maximum absolute atomic E-state index is 10.3. The first-order valence-corrected chi connectivity index (χ1v) is 7.58. The van der Waals surface area contributed by atoms with E-state index in [1.807, 2.05) is 36.4 Å². The summed E-state index contributed by atoms with van der Waals surface area (Å²) < 4.78 is 10.3. The predicted molar refractivity (Wildman–Crippen MR) is 76.8 cm³/mol. The molecular formula is C12H23N2O4P. The SMILES string of the molecule is CC(=O)NCCCP(=O)(O)O.CN.c1ccccc1. The van der Waals surface area contributed by atoms with Gasteiger partial charge in [0.05, 0.1) is 6.16 Å². The summed E-state index contributed by atoms with van der Waals surface area (Å²) in [6.45, 7) is 1.68. The Balaban J connectivity index is 0. The first-order valence-electron chi connectivity index (χ1n) is 5.78. The van der Waals surface area contributed by atoms with Crippen LogP contribution in [0.1, 0.15) is 13.3 Å². The third-order valence-corrected chi connectivity index (χ3v) is 2.57. The van der Waals surface area contributed by atoms with Gasteiger partial charge >= 0.3 is 7.60 Å². The summed E-state index contributed by atoms with van der Waals surface area (Å²) in [5, 5.41) is 2.44. The molecule has 0 spiro atoms. The normalized spacial score (nSPS) is 9.32. The molecule has 6 nitrogen and oxygen atoms in total. The number of nitrogens with one attached hydrogen (secondary N) is 1. The van der Waals surface area contributed by atoms with Crippen LogP contribution in [0.2, 0.25) is 0 Å². The summed E-state index contributed by atoms with van der Waals surface area (Å²) in [6.07, 6.45) is 0.136. The van der Waals surface area contributed by atoms with Crippen molar-refractivity contribution in [2.24, 2.45) is 5.73 Å². The van der Waals surface area contributed by atoms with Crippen molar-refractivity contribution in [1.82, 2.24) is 5.32 Å². The van der Waals surface area contributed by atoms with E-state index in [0.717, 1.165) is 0 Å². The minimum absolute atomic E-state index is 0.173. The maximum Gasteiger partial charge on any atom is 0.325 e. The smallest absolute Gasteiger partial charge is 0.325 e. The molecule has 0 aromatic heterocycles. The van der Waals surface area contributed by atoms with Gasteiger partial charge in [-0.1, -0.05) is 36.4 Å². The number of hydrogen-bond donors (Lipinski definition) is 4. The Bertz CT molecular complexity index is 327. The minimum atomic E-state index is -3.88. The molecule has 1 rings (SSSR count). The monoisotopic (exact) mass is 290 g/mol. The quantitative estimate of drug-likeness (QED) is 0.487. The van der Waals surface area contributed by atoms with Crippen molar-refractivity contribution < 1.29 is 19.1 Å². The molecule has 0 unspecified atom stereocenters. The summed E-state index contributed by atoms with van der Waals surface area (Å²) in [7, 11) is -2.38. The molecule has 1 amide bonds. The largest absolute Gasteiger partial charge is 0.356 e. The Morgan fingerprint density at radius 3 is 1.74 bits per heavy atom. The summed E-state index contributed by atoms with van der Waals surface area (Å²) in [5.41, 5.74) is 4.50. The van der Waals surface area contributed by atoms with E-state index in [1.165, 1.54) is 14.0 Å². The van der Waals surface area contributed by atoms with Gasteiger partial charge in [-0.25, -0.2) is 0 Å². The lowest BCUT2D eigenvalue weighted by atomic mass is 10.4. The van der Waals surface area contributed by atoms with Crippen LogP contribution in [0.4, 0.5) is 0 Å². The third kappa shape index (κ3) is 22.5. The number of carbonyl (C=O) groups excluding carboxylic acids is 1. The lowest BCUT2D eigenvalue weighted by molar-refractivity contribution is -0.118. The molecule has 0 aliphatic rings. The van der Waals surface area contributed by atoms with Gasteiger partial charge in [-0.2, -0.15) is 0 Å². The van der Waals surface area contributed by atoms with Gasteiger partial charge in [0.2, 0.25) is 5.91 Å². The standard InChI is InChI=1S/C6H6.C5H12NO4P.CH5N/c1-2-4-6-5-3-1;1-5(7)6-3-2-4-11(8,9)10;1-2/h1-6H;2-4H2,1H3,(H,6,7)(H2,8,9,10);2H2,1H3. The zero-order chi connectivity index (χ0) is 15.1. The Morgan fingerprint density at radius 1 is 1.11 bits per heavy atom. The molecule has 5 N–H and O–H groups in total. The average molecular weight is 290 g/mol. The molecule has 0 radical (unpaired) electrons. The fourth-order valence-corrected chi connectivity index (χ4v) is 1.50. The van der Waals surface area contributed by atoms with Crippen molar-refractivity contribution in [3.63, 3.8) is 0 Å². The highest BCUT2D eigenvalue weighted by Crippen LogP contribution is 2.34. The molecule has 0 bridgehead atoms. The molecular weight excluding hydrogens is 267 g/mol. The van der Waals surface area contributed by atoms with Crippen LogP contribution in [0.3, 0.4) is 0 Å². The van der Waals surface area contributed by atoms with Crippen LogP contribution in [0.15, 0.2) is 36.4 Å². The second-order valence-corrected chi connectivity index (χ2v) is 5.16. The topological polar surface area (TPSA) is 113 Å². The highest BCUT2D eigenvalue weighted by molar-refractivity contribution is 7.51. The molecule has 19 heavy (non-hydrogen) atoms. The van der Waals surface area contributed by atoms with E-state index in [2.05, 4.69) is 11.1 Å². The van der Waals surface area contributed by atoms with Gasteiger partial charge in [0.25, 0.3) is 0 Å². The van der Waals surface area contributed by atoms with Crippen molar-refractivity contribution in [2.45, 2.75) is 13.3 Å². The van der Waals surface area contributed by atoms with E-state index < -0.39 is 7.60 Å². The van der Waals surface area contributed by atoms with Crippen LogP contribution in [0.5, 0.6) is 0 Å². The van der Waals surface area contributed by atoms with Gasteiger partial charge in [-0.15, -0.1) is 0 Å². The Labute approximate surface area is 114 Å². The molecule has 1 aromatic rings. The van der Waals surface area contributed by atoms with E-state index in [0.29, 0.717) is 13.0 Å². The van der Waals surface area contributed by atoms with Gasteiger partial charge in [0.1, 0.15) is 0 Å². The highest BCUT2D eigenvalue weighted by Gasteiger charge is 2.10. The lowest BCUT2D eigenvalue weighted by Gasteiger charge is -2.03. The van der Waals surface area contributed by atoms with Crippen molar-refractivity contribution in [3.8, 4) is 0 Å². The van der Waals surface area contributed by atoms with Crippen LogP contribution in [0.25, 0.3) is 0 Å². The average Bonchev–Trinajstić information content (AvgIpc) is 2.39. The van der Waals surface area contributed by atoms with Crippen molar-refractivity contribution in [3.05, 3.63) is 36.4 Å². The van der Waals surface area contributed by atoms with Crippen molar-refractivity contribution in [2.75, 3.05) is 19.8 Å². The Morgan fingerprint density at radius 2 is 1.47 bits per heavy atom. The van der Waals surface area contributed by atoms with Gasteiger partial charge in [-0.3, -0.25) is 9.36 Å². The molecule has 0 atom stereocenters. The number of nitrogens with two attached hydrogens (primary N) is 1. The fraction of sp³-hybridized carbons (Fsp3) is 0.417. The second-order valence-electron chi connectivity index (χ2n) is 3.38. The Hall–Kier alpha value is -1.20. The number of hydrogen-bond acceptors (Lipinski definition) is 3. The Kier molecular flexibility index (Phi) is 14.0. The minimum Gasteiger partial charge on any atom is -0.356 e. The second kappa shape index (κ2) is 13.2. The van der Waals surface area contributed by atoms with Crippen LogP contribution >= 0.6 is 7.60 Å². The van der Waals surface area contributed by atoms with E-state index in [9.17, 15) is 9.36 Å². The summed E-state index contributed by atoms with van der Waals surface area (Å²) in [5.74, 6) is -0.185. The molecule has 7 heteroatoms. The number of amides is 1. The third-order valence-electron chi connectivity index (χ3n) is 1.67. The fourth-order valence-electron chi connectivity index (χ4n) is 0.934. The summed E-state index contributed by atoms with van der Waals surface area (Å²) in [4.78, 5) is 27.0. The van der Waals surface area contributed by atoms with Gasteiger partial charge in [0, 0.05) is 13.5 Å². The van der Waals surface area contributed by atoms with Crippen LogP contribution < -0.4 is 11.1 Å². The van der Waals surface area contributed by atoms with Crippen molar-refractivity contribution >= 4 is 13.5 Å². The number of benzene rings is 1. The molecule has 0 saturated heterocycles. The first-order chi connectivity index (χ1) is 8.92. The molecule has 0 aliphatic heterocycles. The maximum atomic E-state index is 10.3. The van der Waals surface area contributed by atoms with Crippen LogP contribution in [0, 0.1) is 0 Å². The number of rotatable bonds is 4. The van der Waals surface area contributed by atoms with Gasteiger partial charge in [0.15, 0.2) is 0 Å². The zero-order valence-electron chi connectivity index (χ0n) is 11.3. The van der Waals surface area contributed by atoms with E-state index >= 15 is 0 Å². The van der Waals surface area contributed by atoms with E-state index in [1.54, 1.807) is 0 Å². The molecule has 110 valence electrons. The molecule has 1 aromatic carbocycles.